The predicted molar refractivity (Wildman–Crippen MR) is 135 cm³/mol. The third kappa shape index (κ3) is 8.16. The summed E-state index contributed by atoms with van der Waals surface area (Å²) in [5, 5.41) is 8.52. The number of nitrogens with one attached hydrogen (secondary N) is 3. The molecule has 35 heavy (non-hydrogen) atoms. The largest absolute Gasteiger partial charge is 0.755 e. The number of amides is 2. The number of carbonyl (C=O) groups is 2. The van der Waals surface area contributed by atoms with Crippen molar-refractivity contribution in [3.05, 3.63) is 81.8 Å². The van der Waals surface area contributed by atoms with Gasteiger partial charge in [0.15, 0.2) is 0 Å². The lowest BCUT2D eigenvalue weighted by atomic mass is 10.0. The third-order valence-corrected chi connectivity index (χ3v) is 6.63. The summed E-state index contributed by atoms with van der Waals surface area (Å²) < 4.78 is 28.7. The van der Waals surface area contributed by atoms with Gasteiger partial charge in [-0.2, -0.15) is 0 Å². The first kappa shape index (κ1) is 26.3. The summed E-state index contributed by atoms with van der Waals surface area (Å²) in [4.78, 5) is 29.9. The smallest absolute Gasteiger partial charge is 0.407 e. The van der Waals surface area contributed by atoms with Crippen LogP contribution in [0.15, 0.2) is 60.0 Å². The number of hydrogen-bond acceptors (Lipinski definition) is 7. The maximum absolute atomic E-state index is 13.3. The summed E-state index contributed by atoms with van der Waals surface area (Å²) in [6, 6.07) is 15.0. The second-order valence-electron chi connectivity index (χ2n) is 7.70. The molecular formula is C24H27N4O5S2-. The number of aromatic nitrogens is 1. The van der Waals surface area contributed by atoms with Crippen molar-refractivity contribution in [2.75, 3.05) is 11.8 Å². The molecule has 0 fully saturated rings. The SMILES string of the molecule is CCc1nc([C@H](Cc2ccc(NS(=O)[O-])cc2)NC(=O)[C@H](Cc2ccccc2)NC(=O)OC)cs1. The Morgan fingerprint density at radius 3 is 2.34 bits per heavy atom. The molecule has 1 aromatic heterocycles. The van der Waals surface area contributed by atoms with E-state index in [1.165, 1.54) is 18.4 Å². The van der Waals surface area contributed by atoms with Gasteiger partial charge in [-0.15, -0.1) is 11.3 Å². The topological polar surface area (TPSA) is 132 Å². The van der Waals surface area contributed by atoms with Crippen LogP contribution in [-0.2, 0) is 40.1 Å². The second-order valence-corrected chi connectivity index (χ2v) is 9.31. The van der Waals surface area contributed by atoms with Crippen LogP contribution < -0.4 is 15.4 Å². The number of ether oxygens (including phenoxy) is 1. The van der Waals surface area contributed by atoms with Gasteiger partial charge in [0, 0.05) is 28.8 Å². The zero-order valence-corrected chi connectivity index (χ0v) is 21.0. The van der Waals surface area contributed by atoms with Crippen LogP contribution in [0.25, 0.3) is 0 Å². The molecule has 11 heteroatoms. The molecule has 0 aliphatic rings. The zero-order valence-electron chi connectivity index (χ0n) is 19.4. The van der Waals surface area contributed by atoms with Crippen molar-refractivity contribution < 1.29 is 23.1 Å². The Hall–Kier alpha value is -3.28. The highest BCUT2D eigenvalue weighted by Crippen LogP contribution is 2.23. The summed E-state index contributed by atoms with van der Waals surface area (Å²) in [6.07, 6.45) is 0.797. The fourth-order valence-electron chi connectivity index (χ4n) is 3.45. The Balaban J connectivity index is 1.81. The van der Waals surface area contributed by atoms with Gasteiger partial charge in [-0.3, -0.25) is 9.00 Å². The van der Waals surface area contributed by atoms with Crippen molar-refractivity contribution >= 4 is 40.3 Å². The molecule has 1 heterocycles. The minimum absolute atomic E-state index is 0.290. The molecule has 3 rings (SSSR count). The van der Waals surface area contributed by atoms with Crippen LogP contribution >= 0.6 is 11.3 Å². The van der Waals surface area contributed by atoms with Gasteiger partial charge in [-0.25, -0.2) is 9.78 Å². The van der Waals surface area contributed by atoms with Gasteiger partial charge < -0.3 is 24.6 Å². The molecule has 3 aromatic rings. The molecule has 0 radical (unpaired) electrons. The molecule has 0 saturated carbocycles. The fraction of sp³-hybridized carbons (Fsp3) is 0.292. The molecule has 186 valence electrons. The molecule has 0 spiro atoms. The van der Waals surface area contributed by atoms with E-state index >= 15 is 0 Å². The van der Waals surface area contributed by atoms with Gasteiger partial charge in [-0.1, -0.05) is 49.4 Å². The van der Waals surface area contributed by atoms with Crippen molar-refractivity contribution in [3.8, 4) is 0 Å². The Labute approximate surface area is 210 Å². The monoisotopic (exact) mass is 515 g/mol. The Bertz CT molecular complexity index is 1140. The first-order valence-electron chi connectivity index (χ1n) is 11.0. The molecule has 0 aliphatic carbocycles. The van der Waals surface area contributed by atoms with Crippen LogP contribution in [0.5, 0.6) is 0 Å². The quantitative estimate of drug-likeness (QED) is 0.336. The standard InChI is InChI=1S/C24H28N4O5S2/c1-3-22-25-21(15-34-22)19(13-17-9-11-18(12-10-17)28-35(31)32)26-23(29)20(27-24(30)33-2)14-16-7-5-4-6-8-16/h4-12,15,19-20,28H,3,13-14H2,1-2H3,(H,26,29)(H,27,30)(H,31,32)/p-1/t19-,20-/m0/s1. The van der Waals surface area contributed by atoms with Gasteiger partial charge in [-0.05, 0) is 36.1 Å². The molecule has 9 nitrogen and oxygen atoms in total. The van der Waals surface area contributed by atoms with Crippen LogP contribution in [0.2, 0.25) is 0 Å². The van der Waals surface area contributed by atoms with Crippen LogP contribution in [0.1, 0.15) is 34.8 Å². The molecule has 3 N–H and O–H groups in total. The molecule has 3 atom stereocenters. The normalized spacial score (nSPS) is 13.3. The maximum atomic E-state index is 13.3. The van der Waals surface area contributed by atoms with Gasteiger partial charge in [0.05, 0.1) is 23.9 Å². The fourth-order valence-corrected chi connectivity index (χ4v) is 4.58. The third-order valence-electron chi connectivity index (χ3n) is 5.22. The number of carbonyl (C=O) groups excluding carboxylic acids is 2. The summed E-state index contributed by atoms with van der Waals surface area (Å²) >= 11 is -0.889. The molecular weight excluding hydrogens is 488 g/mol. The van der Waals surface area contributed by atoms with Crippen LogP contribution in [0, 0.1) is 0 Å². The van der Waals surface area contributed by atoms with Crippen molar-refractivity contribution in [1.29, 1.82) is 0 Å². The lowest BCUT2D eigenvalue weighted by Gasteiger charge is -2.23. The number of benzene rings is 2. The first-order chi connectivity index (χ1) is 16.9. The first-order valence-corrected chi connectivity index (χ1v) is 12.9. The Morgan fingerprint density at radius 2 is 1.74 bits per heavy atom. The highest BCUT2D eigenvalue weighted by atomic mass is 32.2. The van der Waals surface area contributed by atoms with Crippen molar-refractivity contribution in [1.82, 2.24) is 15.6 Å². The number of rotatable bonds is 11. The van der Waals surface area contributed by atoms with E-state index in [4.69, 9.17) is 4.74 Å². The number of nitrogens with zero attached hydrogens (tertiary/aromatic N) is 1. The van der Waals surface area contributed by atoms with Crippen LogP contribution in [-0.4, -0.2) is 38.9 Å². The number of anilines is 1. The Morgan fingerprint density at radius 1 is 1.06 bits per heavy atom. The lowest BCUT2D eigenvalue weighted by molar-refractivity contribution is -0.123. The minimum atomic E-state index is -2.41. The van der Waals surface area contributed by atoms with E-state index in [9.17, 15) is 18.4 Å². The maximum Gasteiger partial charge on any atom is 0.407 e. The number of hydrogen-bond donors (Lipinski definition) is 3. The van der Waals surface area contributed by atoms with E-state index < -0.39 is 29.4 Å². The lowest BCUT2D eigenvalue weighted by Crippen LogP contribution is -2.49. The molecule has 2 amide bonds. The van der Waals surface area contributed by atoms with Gasteiger partial charge in [0.1, 0.15) is 6.04 Å². The summed E-state index contributed by atoms with van der Waals surface area (Å²) in [5.74, 6) is -0.365. The van der Waals surface area contributed by atoms with E-state index in [0.717, 1.165) is 28.2 Å². The molecule has 0 saturated heterocycles. The van der Waals surface area contributed by atoms with Crippen LogP contribution in [0.4, 0.5) is 10.5 Å². The predicted octanol–water partition coefficient (Wildman–Crippen LogP) is 3.28. The van der Waals surface area contributed by atoms with E-state index in [2.05, 4.69) is 20.3 Å². The summed E-state index contributed by atoms with van der Waals surface area (Å²) in [6.45, 7) is 2.01. The number of alkyl carbamates (subject to hydrolysis) is 1. The highest BCUT2D eigenvalue weighted by molar-refractivity contribution is 7.80. The number of thiazole rings is 1. The number of methoxy groups -OCH3 is 1. The molecule has 0 bridgehead atoms. The average molecular weight is 516 g/mol. The summed E-state index contributed by atoms with van der Waals surface area (Å²) in [7, 11) is 1.25. The zero-order chi connectivity index (χ0) is 25.2. The van der Waals surface area contributed by atoms with E-state index in [0.29, 0.717) is 18.5 Å². The molecule has 2 aromatic carbocycles. The van der Waals surface area contributed by atoms with Crippen LogP contribution in [0.3, 0.4) is 0 Å². The average Bonchev–Trinajstić information content (AvgIpc) is 3.34. The van der Waals surface area contributed by atoms with E-state index in [-0.39, 0.29) is 5.91 Å². The van der Waals surface area contributed by atoms with E-state index in [1.807, 2.05) is 42.6 Å². The van der Waals surface area contributed by atoms with Crippen molar-refractivity contribution in [2.24, 2.45) is 0 Å². The minimum Gasteiger partial charge on any atom is -0.755 e. The van der Waals surface area contributed by atoms with Crippen molar-refractivity contribution in [3.63, 3.8) is 0 Å². The van der Waals surface area contributed by atoms with Gasteiger partial charge >= 0.3 is 6.09 Å². The van der Waals surface area contributed by atoms with Gasteiger partial charge in [0.2, 0.25) is 5.91 Å². The van der Waals surface area contributed by atoms with Gasteiger partial charge in [0.25, 0.3) is 0 Å². The summed E-state index contributed by atoms with van der Waals surface area (Å²) in [5.41, 5.74) is 2.93. The molecule has 1 unspecified atom stereocenters. The molecule has 0 aliphatic heterocycles. The number of aryl methyl sites for hydroxylation is 1. The van der Waals surface area contributed by atoms with E-state index in [1.54, 1.807) is 24.3 Å². The Kier molecular flexibility index (Phi) is 9.76. The van der Waals surface area contributed by atoms with Crippen molar-refractivity contribution in [2.45, 2.75) is 38.3 Å². The highest BCUT2D eigenvalue weighted by Gasteiger charge is 2.26. The second kappa shape index (κ2) is 13.0.